The van der Waals surface area contributed by atoms with Crippen LogP contribution in [0.1, 0.15) is 12.1 Å². The number of hydrogen-bond donors (Lipinski definition) is 2. The third-order valence-electron chi connectivity index (χ3n) is 1.96. The van der Waals surface area contributed by atoms with Gasteiger partial charge in [-0.25, -0.2) is 4.98 Å². The molecule has 0 saturated heterocycles. The second-order valence-corrected chi connectivity index (χ2v) is 3.95. The van der Waals surface area contributed by atoms with Gasteiger partial charge in [-0.3, -0.25) is 4.40 Å². The monoisotopic (exact) mass is 211 g/mol. The van der Waals surface area contributed by atoms with Crippen molar-refractivity contribution in [2.75, 3.05) is 13.2 Å². The molecule has 0 aliphatic heterocycles. The van der Waals surface area contributed by atoms with Gasteiger partial charge in [-0.05, 0) is 13.0 Å². The summed E-state index contributed by atoms with van der Waals surface area (Å²) < 4.78 is 2.02. The molecule has 0 radical (unpaired) electrons. The molecule has 0 spiro atoms. The molecular weight excluding hydrogens is 198 g/mol. The van der Waals surface area contributed by atoms with Gasteiger partial charge in [0.1, 0.15) is 0 Å². The lowest BCUT2D eigenvalue weighted by molar-refractivity contribution is 0.286. The van der Waals surface area contributed by atoms with E-state index in [1.807, 2.05) is 22.2 Å². The standard InChI is InChI=1S/C9H13N3OS/c13-4-1-2-10-6-8-7-12-3-5-14-9(12)11-8/h3,5,7,10,13H,1-2,4,6H2. The fraction of sp³-hybridized carbons (Fsp3) is 0.444. The van der Waals surface area contributed by atoms with Crippen molar-refractivity contribution in [2.24, 2.45) is 0 Å². The van der Waals surface area contributed by atoms with Crippen LogP contribution in [0.25, 0.3) is 4.96 Å². The van der Waals surface area contributed by atoms with Crippen LogP contribution in [-0.4, -0.2) is 27.6 Å². The first kappa shape index (κ1) is 9.64. The molecule has 2 N–H and O–H groups in total. The summed E-state index contributed by atoms with van der Waals surface area (Å²) in [5, 5.41) is 13.8. The lowest BCUT2D eigenvalue weighted by atomic mass is 10.4. The van der Waals surface area contributed by atoms with Gasteiger partial charge < -0.3 is 10.4 Å². The Balaban J connectivity index is 1.89. The number of aliphatic hydroxyl groups excluding tert-OH is 1. The molecule has 2 aromatic rings. The maximum Gasteiger partial charge on any atom is 0.193 e. The number of fused-ring (bicyclic) bond motifs is 1. The second-order valence-electron chi connectivity index (χ2n) is 3.08. The Hall–Kier alpha value is -0.910. The highest BCUT2D eigenvalue weighted by Crippen LogP contribution is 2.10. The first-order valence-corrected chi connectivity index (χ1v) is 5.51. The number of hydrogen-bond acceptors (Lipinski definition) is 4. The molecule has 14 heavy (non-hydrogen) atoms. The van der Waals surface area contributed by atoms with Crippen molar-refractivity contribution in [3.63, 3.8) is 0 Å². The fourth-order valence-electron chi connectivity index (χ4n) is 1.28. The third kappa shape index (κ3) is 2.12. The van der Waals surface area contributed by atoms with Crippen molar-refractivity contribution in [3.8, 4) is 0 Å². The quantitative estimate of drug-likeness (QED) is 0.721. The van der Waals surface area contributed by atoms with Gasteiger partial charge in [-0.15, -0.1) is 11.3 Å². The van der Waals surface area contributed by atoms with Crippen molar-refractivity contribution in [1.82, 2.24) is 14.7 Å². The number of imidazole rings is 1. The minimum absolute atomic E-state index is 0.241. The first-order valence-electron chi connectivity index (χ1n) is 4.63. The van der Waals surface area contributed by atoms with Crippen molar-refractivity contribution < 1.29 is 5.11 Å². The van der Waals surface area contributed by atoms with Gasteiger partial charge in [0.25, 0.3) is 0 Å². The van der Waals surface area contributed by atoms with Gasteiger partial charge in [0.15, 0.2) is 4.96 Å². The molecular formula is C9H13N3OS. The van der Waals surface area contributed by atoms with Gasteiger partial charge in [-0.1, -0.05) is 0 Å². The van der Waals surface area contributed by atoms with E-state index in [0.29, 0.717) is 0 Å². The van der Waals surface area contributed by atoms with Crippen LogP contribution in [-0.2, 0) is 6.54 Å². The summed E-state index contributed by atoms with van der Waals surface area (Å²) in [6.45, 7) is 1.85. The van der Waals surface area contributed by atoms with Crippen LogP contribution in [0.4, 0.5) is 0 Å². The molecule has 0 aromatic carbocycles. The van der Waals surface area contributed by atoms with Crippen LogP contribution in [0.2, 0.25) is 0 Å². The summed E-state index contributed by atoms with van der Waals surface area (Å²) in [6.07, 6.45) is 4.82. The van der Waals surface area contributed by atoms with Gasteiger partial charge in [0.2, 0.25) is 0 Å². The number of aromatic nitrogens is 2. The third-order valence-corrected chi connectivity index (χ3v) is 2.73. The summed E-state index contributed by atoms with van der Waals surface area (Å²) in [4.78, 5) is 5.46. The van der Waals surface area contributed by atoms with Crippen molar-refractivity contribution in [1.29, 1.82) is 0 Å². The second kappa shape index (κ2) is 4.54. The molecule has 2 rings (SSSR count). The Labute approximate surface area is 86.2 Å². The SMILES string of the molecule is OCCCNCc1cn2ccsc2n1. The van der Waals surface area contributed by atoms with E-state index in [1.165, 1.54) is 0 Å². The van der Waals surface area contributed by atoms with Gasteiger partial charge in [0.05, 0.1) is 5.69 Å². The molecule has 0 saturated carbocycles. The predicted octanol–water partition coefficient (Wildman–Crippen LogP) is 0.868. The van der Waals surface area contributed by atoms with Crippen LogP contribution in [0.5, 0.6) is 0 Å². The Morgan fingerprint density at radius 3 is 3.29 bits per heavy atom. The number of aliphatic hydroxyl groups is 1. The van der Waals surface area contributed by atoms with Crippen LogP contribution in [0.15, 0.2) is 17.8 Å². The summed E-state index contributed by atoms with van der Waals surface area (Å²) in [7, 11) is 0. The number of nitrogens with zero attached hydrogens (tertiary/aromatic N) is 2. The van der Waals surface area contributed by atoms with E-state index >= 15 is 0 Å². The minimum Gasteiger partial charge on any atom is -0.396 e. The van der Waals surface area contributed by atoms with Gasteiger partial charge in [0, 0.05) is 30.9 Å². The average molecular weight is 211 g/mol. The number of thiazole rings is 1. The Morgan fingerprint density at radius 2 is 2.50 bits per heavy atom. The van der Waals surface area contributed by atoms with Crippen LogP contribution in [0, 0.1) is 0 Å². The Bertz CT molecular complexity index is 367. The van der Waals surface area contributed by atoms with Crippen LogP contribution in [0.3, 0.4) is 0 Å². The summed E-state index contributed by atoms with van der Waals surface area (Å²) in [6, 6.07) is 0. The lowest BCUT2D eigenvalue weighted by Gasteiger charge is -1.98. The Morgan fingerprint density at radius 1 is 1.57 bits per heavy atom. The molecule has 2 heterocycles. The highest BCUT2D eigenvalue weighted by molar-refractivity contribution is 7.15. The predicted molar refractivity (Wildman–Crippen MR) is 56.5 cm³/mol. The molecule has 4 nitrogen and oxygen atoms in total. The van der Waals surface area contributed by atoms with Crippen molar-refractivity contribution >= 4 is 16.3 Å². The van der Waals surface area contributed by atoms with Gasteiger partial charge >= 0.3 is 0 Å². The number of rotatable bonds is 5. The summed E-state index contributed by atoms with van der Waals surface area (Å²) in [5.41, 5.74) is 1.05. The van der Waals surface area contributed by atoms with E-state index in [9.17, 15) is 0 Å². The van der Waals surface area contributed by atoms with Gasteiger partial charge in [-0.2, -0.15) is 0 Å². The molecule has 0 amide bonds. The smallest absolute Gasteiger partial charge is 0.193 e. The maximum absolute atomic E-state index is 8.59. The van der Waals surface area contributed by atoms with Crippen LogP contribution < -0.4 is 5.32 Å². The first-order chi connectivity index (χ1) is 6.90. The average Bonchev–Trinajstić information content (AvgIpc) is 2.72. The molecule has 5 heteroatoms. The maximum atomic E-state index is 8.59. The fourth-order valence-corrected chi connectivity index (χ4v) is 2.00. The van der Waals surface area contributed by atoms with Crippen LogP contribution >= 0.6 is 11.3 Å². The zero-order valence-corrected chi connectivity index (χ0v) is 8.63. The molecule has 0 aliphatic rings. The highest BCUT2D eigenvalue weighted by atomic mass is 32.1. The van der Waals surface area contributed by atoms with E-state index < -0.39 is 0 Å². The summed E-state index contributed by atoms with van der Waals surface area (Å²) >= 11 is 1.64. The Kier molecular flexibility index (Phi) is 3.13. The number of nitrogens with one attached hydrogen (secondary N) is 1. The zero-order valence-electron chi connectivity index (χ0n) is 7.81. The topological polar surface area (TPSA) is 49.6 Å². The minimum atomic E-state index is 0.241. The molecule has 0 aliphatic carbocycles. The van der Waals surface area contributed by atoms with E-state index in [2.05, 4.69) is 10.3 Å². The van der Waals surface area contributed by atoms with E-state index in [-0.39, 0.29) is 6.61 Å². The molecule has 0 fully saturated rings. The summed E-state index contributed by atoms with van der Waals surface area (Å²) in [5.74, 6) is 0. The molecule has 2 aromatic heterocycles. The van der Waals surface area contributed by atoms with Crippen molar-refractivity contribution in [3.05, 3.63) is 23.5 Å². The van der Waals surface area contributed by atoms with E-state index in [4.69, 9.17) is 5.11 Å². The normalized spacial score (nSPS) is 11.2. The van der Waals surface area contributed by atoms with E-state index in [1.54, 1.807) is 11.3 Å². The van der Waals surface area contributed by atoms with Crippen molar-refractivity contribution in [2.45, 2.75) is 13.0 Å². The van der Waals surface area contributed by atoms with E-state index in [0.717, 1.165) is 30.2 Å². The molecule has 0 atom stereocenters. The largest absolute Gasteiger partial charge is 0.396 e. The molecule has 0 bridgehead atoms. The highest BCUT2D eigenvalue weighted by Gasteiger charge is 2.00. The molecule has 76 valence electrons. The zero-order chi connectivity index (χ0) is 9.80. The lowest BCUT2D eigenvalue weighted by Crippen LogP contribution is -2.15. The molecule has 0 unspecified atom stereocenters.